The van der Waals surface area contributed by atoms with Crippen LogP contribution in [0.4, 0.5) is 22.0 Å². The number of amides is 1. The minimum Gasteiger partial charge on any atom is -0.480 e. The molecule has 0 spiro atoms. The molecule has 0 heterocycles. The smallest absolute Gasteiger partial charge is 0.325 e. The van der Waals surface area contributed by atoms with E-state index in [9.17, 15) is 31.5 Å². The van der Waals surface area contributed by atoms with Crippen LogP contribution in [0.5, 0.6) is 0 Å². The third-order valence-electron chi connectivity index (χ3n) is 2.15. The first-order valence-electron chi connectivity index (χ1n) is 4.73. The molecule has 104 valence electrons. The number of carboxylic acids is 1. The molecule has 19 heavy (non-hydrogen) atoms. The normalized spacial score (nSPS) is 12.1. The molecule has 2 N–H and O–H groups in total. The van der Waals surface area contributed by atoms with E-state index in [4.69, 9.17) is 5.11 Å². The first-order valence-corrected chi connectivity index (χ1v) is 4.73. The van der Waals surface area contributed by atoms with Crippen LogP contribution in [-0.2, 0) is 4.79 Å². The third-order valence-corrected chi connectivity index (χ3v) is 2.15. The van der Waals surface area contributed by atoms with Gasteiger partial charge < -0.3 is 10.4 Å². The summed E-state index contributed by atoms with van der Waals surface area (Å²) in [6.07, 6.45) is 0. The van der Waals surface area contributed by atoms with Crippen molar-refractivity contribution in [2.75, 3.05) is 0 Å². The van der Waals surface area contributed by atoms with Gasteiger partial charge >= 0.3 is 5.97 Å². The predicted molar refractivity (Wildman–Crippen MR) is 50.8 cm³/mol. The van der Waals surface area contributed by atoms with Gasteiger partial charge in [0.25, 0.3) is 5.91 Å². The molecule has 1 rings (SSSR count). The Morgan fingerprint density at radius 1 is 0.947 bits per heavy atom. The van der Waals surface area contributed by atoms with Crippen LogP contribution >= 0.6 is 0 Å². The topological polar surface area (TPSA) is 66.4 Å². The zero-order valence-electron chi connectivity index (χ0n) is 9.23. The van der Waals surface area contributed by atoms with E-state index in [-0.39, 0.29) is 0 Å². The number of benzene rings is 1. The summed E-state index contributed by atoms with van der Waals surface area (Å²) in [5.74, 6) is -14.9. The van der Waals surface area contributed by atoms with E-state index in [1.165, 1.54) is 0 Å². The standard InChI is InChI=1S/C10H6F5NO3/c1-2(10(18)19)16-9(17)3-4(11)6(13)8(15)7(14)5(3)12/h2H,1H3,(H,16,17)(H,18,19)/t2-/m0/s1. The van der Waals surface area contributed by atoms with Crippen molar-refractivity contribution < 1.29 is 36.6 Å². The molecule has 0 radical (unpaired) electrons. The Balaban J connectivity index is 3.28. The molecule has 9 heteroatoms. The number of hydrogen-bond donors (Lipinski definition) is 2. The fourth-order valence-corrected chi connectivity index (χ4v) is 1.13. The van der Waals surface area contributed by atoms with E-state index < -0.39 is 52.6 Å². The van der Waals surface area contributed by atoms with Gasteiger partial charge in [0, 0.05) is 0 Å². The second-order valence-corrected chi connectivity index (χ2v) is 3.48. The Labute approximate surface area is 102 Å². The van der Waals surface area contributed by atoms with Crippen LogP contribution in [-0.4, -0.2) is 23.0 Å². The monoisotopic (exact) mass is 283 g/mol. The first-order chi connectivity index (χ1) is 8.68. The zero-order valence-corrected chi connectivity index (χ0v) is 9.23. The summed E-state index contributed by atoms with van der Waals surface area (Å²) in [6, 6.07) is -1.57. The fraction of sp³-hybridized carbons (Fsp3) is 0.200. The van der Waals surface area contributed by atoms with Crippen LogP contribution in [0.1, 0.15) is 17.3 Å². The molecular weight excluding hydrogens is 277 g/mol. The van der Waals surface area contributed by atoms with Crippen molar-refractivity contribution in [1.29, 1.82) is 0 Å². The lowest BCUT2D eigenvalue weighted by Crippen LogP contribution is -2.39. The van der Waals surface area contributed by atoms with Crippen molar-refractivity contribution in [1.82, 2.24) is 5.32 Å². The van der Waals surface area contributed by atoms with Gasteiger partial charge in [-0.15, -0.1) is 0 Å². The molecular formula is C10H6F5NO3. The largest absolute Gasteiger partial charge is 0.480 e. The van der Waals surface area contributed by atoms with Gasteiger partial charge in [-0.25, -0.2) is 22.0 Å². The van der Waals surface area contributed by atoms with Gasteiger partial charge in [0.1, 0.15) is 11.6 Å². The average molecular weight is 283 g/mol. The highest BCUT2D eigenvalue weighted by molar-refractivity contribution is 5.97. The minimum absolute atomic E-state index is 0.951. The quantitative estimate of drug-likeness (QED) is 0.503. The maximum atomic E-state index is 13.2. The number of rotatable bonds is 3. The lowest BCUT2D eigenvalue weighted by atomic mass is 10.1. The second-order valence-electron chi connectivity index (χ2n) is 3.48. The number of aliphatic carboxylic acids is 1. The summed E-state index contributed by atoms with van der Waals surface area (Å²) in [4.78, 5) is 21.7. The molecule has 0 aromatic heterocycles. The van der Waals surface area contributed by atoms with Crippen LogP contribution < -0.4 is 5.32 Å². The van der Waals surface area contributed by atoms with E-state index in [1.54, 1.807) is 5.32 Å². The Kier molecular flexibility index (Phi) is 4.07. The molecule has 1 aromatic rings. The molecule has 4 nitrogen and oxygen atoms in total. The first kappa shape index (κ1) is 14.9. The summed E-state index contributed by atoms with van der Waals surface area (Å²) in [5, 5.41) is 10.0. The molecule has 0 fully saturated rings. The molecule has 1 aromatic carbocycles. The Hall–Kier alpha value is -2.19. The molecule has 0 bridgehead atoms. The number of carbonyl (C=O) groups excluding carboxylic acids is 1. The SMILES string of the molecule is C[C@H](NC(=O)c1c(F)c(F)c(F)c(F)c1F)C(=O)O. The molecule has 0 aliphatic rings. The number of nitrogens with one attached hydrogen (secondary N) is 1. The molecule has 0 saturated carbocycles. The van der Waals surface area contributed by atoms with Crippen LogP contribution in [0.3, 0.4) is 0 Å². The van der Waals surface area contributed by atoms with Gasteiger partial charge in [-0.05, 0) is 6.92 Å². The van der Waals surface area contributed by atoms with E-state index in [1.807, 2.05) is 0 Å². The lowest BCUT2D eigenvalue weighted by Gasteiger charge is -2.11. The van der Waals surface area contributed by atoms with Crippen LogP contribution in [0.25, 0.3) is 0 Å². The summed E-state index contributed by atoms with van der Waals surface area (Å²) >= 11 is 0. The van der Waals surface area contributed by atoms with Crippen molar-refractivity contribution >= 4 is 11.9 Å². The van der Waals surface area contributed by atoms with Crippen molar-refractivity contribution in [3.63, 3.8) is 0 Å². The molecule has 0 saturated heterocycles. The number of halogens is 5. The van der Waals surface area contributed by atoms with Crippen LogP contribution in [0.2, 0.25) is 0 Å². The van der Waals surface area contributed by atoms with E-state index in [0.29, 0.717) is 0 Å². The van der Waals surface area contributed by atoms with Gasteiger partial charge in [0.15, 0.2) is 23.3 Å². The molecule has 1 amide bonds. The molecule has 0 unspecified atom stereocenters. The van der Waals surface area contributed by atoms with E-state index in [0.717, 1.165) is 6.92 Å². The molecule has 1 atom stereocenters. The lowest BCUT2D eigenvalue weighted by molar-refractivity contribution is -0.138. The van der Waals surface area contributed by atoms with Crippen molar-refractivity contribution in [3.05, 3.63) is 34.6 Å². The zero-order chi connectivity index (χ0) is 14.9. The van der Waals surface area contributed by atoms with Gasteiger partial charge in [-0.2, -0.15) is 0 Å². The second kappa shape index (κ2) is 5.21. The molecule has 0 aliphatic carbocycles. The van der Waals surface area contributed by atoms with E-state index in [2.05, 4.69) is 0 Å². The summed E-state index contributed by atoms with van der Waals surface area (Å²) < 4.78 is 64.7. The minimum atomic E-state index is -2.40. The highest BCUT2D eigenvalue weighted by Gasteiger charge is 2.30. The van der Waals surface area contributed by atoms with Crippen LogP contribution in [0.15, 0.2) is 0 Å². The van der Waals surface area contributed by atoms with Gasteiger partial charge in [0.05, 0.1) is 0 Å². The third kappa shape index (κ3) is 2.64. The van der Waals surface area contributed by atoms with Crippen molar-refractivity contribution in [2.45, 2.75) is 13.0 Å². The maximum Gasteiger partial charge on any atom is 0.325 e. The summed E-state index contributed by atoms with van der Waals surface area (Å²) in [5.41, 5.74) is -1.73. The van der Waals surface area contributed by atoms with Crippen LogP contribution in [0, 0.1) is 29.1 Å². The molecule has 0 aliphatic heterocycles. The van der Waals surface area contributed by atoms with Gasteiger partial charge in [-0.1, -0.05) is 0 Å². The Morgan fingerprint density at radius 2 is 1.32 bits per heavy atom. The van der Waals surface area contributed by atoms with Gasteiger partial charge in [0.2, 0.25) is 5.82 Å². The number of carbonyl (C=O) groups is 2. The average Bonchev–Trinajstić information content (AvgIpc) is 2.34. The Bertz CT molecular complexity index is 532. The van der Waals surface area contributed by atoms with Gasteiger partial charge in [-0.3, -0.25) is 9.59 Å². The summed E-state index contributed by atoms with van der Waals surface area (Å²) in [6.45, 7) is 0.951. The van der Waals surface area contributed by atoms with Crippen molar-refractivity contribution in [2.24, 2.45) is 0 Å². The highest BCUT2D eigenvalue weighted by atomic mass is 19.2. The predicted octanol–water partition coefficient (Wildman–Crippen LogP) is 1.58. The number of carboxylic acid groups (broad SMARTS) is 1. The Morgan fingerprint density at radius 3 is 1.68 bits per heavy atom. The van der Waals surface area contributed by atoms with E-state index >= 15 is 0 Å². The highest BCUT2D eigenvalue weighted by Crippen LogP contribution is 2.22. The fourth-order valence-electron chi connectivity index (χ4n) is 1.13. The number of hydrogen-bond acceptors (Lipinski definition) is 2. The summed E-state index contributed by atoms with van der Waals surface area (Å²) in [7, 11) is 0. The van der Waals surface area contributed by atoms with Crippen molar-refractivity contribution in [3.8, 4) is 0 Å². The maximum absolute atomic E-state index is 13.2.